The molecular weight excluding hydrogens is 414 g/mol. The highest BCUT2D eigenvalue weighted by Crippen LogP contribution is 2.08. The van der Waals surface area contributed by atoms with Crippen molar-refractivity contribution in [2.45, 2.75) is 26.4 Å². The summed E-state index contributed by atoms with van der Waals surface area (Å²) in [5, 5.41) is 8.38. The maximum atomic E-state index is 11.8. The van der Waals surface area contributed by atoms with Crippen LogP contribution in [0.1, 0.15) is 20.8 Å². The van der Waals surface area contributed by atoms with E-state index in [1.54, 1.807) is 7.05 Å². The van der Waals surface area contributed by atoms with Gasteiger partial charge < -0.3 is 43.2 Å². The zero-order valence-corrected chi connectivity index (χ0v) is 19.3. The number of carbonyl (C=O) groups excluding carboxylic acids is 1. The second-order valence-electron chi connectivity index (χ2n) is 7.41. The third-order valence-electron chi connectivity index (χ3n) is 3.36. The first kappa shape index (κ1) is 29.5. The van der Waals surface area contributed by atoms with Gasteiger partial charge in [0.1, 0.15) is 12.2 Å². The van der Waals surface area contributed by atoms with Gasteiger partial charge in [-0.05, 0) is 20.8 Å². The smallest absolute Gasteiger partial charge is 0.410 e. The van der Waals surface area contributed by atoms with Crippen LogP contribution >= 0.6 is 0 Å². The molecule has 11 heteroatoms. The van der Waals surface area contributed by atoms with Crippen molar-refractivity contribution in [1.82, 2.24) is 4.90 Å². The van der Waals surface area contributed by atoms with Gasteiger partial charge in [-0.3, -0.25) is 0 Å². The Balaban J connectivity index is 3.23. The largest absolute Gasteiger partial charge is 0.480 e. The van der Waals surface area contributed by atoms with E-state index >= 15 is 0 Å². The van der Waals surface area contributed by atoms with Crippen LogP contribution in [0.2, 0.25) is 0 Å². The summed E-state index contributed by atoms with van der Waals surface area (Å²) in [6.45, 7) is 10.1. The lowest BCUT2D eigenvalue weighted by atomic mass is 10.2. The summed E-state index contributed by atoms with van der Waals surface area (Å²) in [7, 11) is 1.67. The Morgan fingerprint density at radius 2 is 1.03 bits per heavy atom. The molecule has 0 rings (SSSR count). The fourth-order valence-corrected chi connectivity index (χ4v) is 1.89. The number of hydrogen-bond acceptors (Lipinski definition) is 9. The van der Waals surface area contributed by atoms with Crippen LogP contribution in [-0.2, 0) is 38.0 Å². The predicted octanol–water partition coefficient (Wildman–Crippen LogP) is 1.04. The summed E-state index contributed by atoms with van der Waals surface area (Å²) >= 11 is 0. The molecule has 1 N–H and O–H groups in total. The Hall–Kier alpha value is -1.50. The van der Waals surface area contributed by atoms with Crippen molar-refractivity contribution < 1.29 is 47.9 Å². The van der Waals surface area contributed by atoms with Crippen molar-refractivity contribution in [3.8, 4) is 0 Å². The van der Waals surface area contributed by atoms with Gasteiger partial charge in [-0.15, -0.1) is 0 Å². The van der Waals surface area contributed by atoms with Gasteiger partial charge in [0.25, 0.3) is 0 Å². The van der Waals surface area contributed by atoms with Crippen LogP contribution in [0, 0.1) is 0 Å². The molecule has 0 radical (unpaired) electrons. The van der Waals surface area contributed by atoms with Gasteiger partial charge in [0.05, 0.1) is 72.7 Å². The van der Waals surface area contributed by atoms with Crippen molar-refractivity contribution >= 4 is 12.1 Å². The van der Waals surface area contributed by atoms with Gasteiger partial charge >= 0.3 is 12.1 Å². The second kappa shape index (κ2) is 19.2. The van der Waals surface area contributed by atoms with Gasteiger partial charge in [-0.25, -0.2) is 9.59 Å². The standard InChI is InChI=1S/C20H39NO10/c1-20(2,3)31-19(24)21(4)5-6-25-7-8-26-9-10-27-11-12-28-13-14-29-15-16-30-17-18(22)23/h5-17H2,1-4H3,(H,22,23). The van der Waals surface area contributed by atoms with E-state index in [1.807, 2.05) is 20.8 Å². The van der Waals surface area contributed by atoms with E-state index < -0.39 is 11.6 Å². The number of ether oxygens (including phenoxy) is 7. The molecule has 31 heavy (non-hydrogen) atoms. The molecule has 0 aliphatic heterocycles. The Labute approximate surface area is 184 Å². The van der Waals surface area contributed by atoms with Crippen LogP contribution in [-0.4, -0.2) is 121 Å². The highest BCUT2D eigenvalue weighted by Gasteiger charge is 2.19. The number of amides is 1. The van der Waals surface area contributed by atoms with Crippen molar-refractivity contribution in [2.75, 3.05) is 92.9 Å². The molecule has 0 atom stereocenters. The van der Waals surface area contributed by atoms with Crippen LogP contribution in [0.25, 0.3) is 0 Å². The van der Waals surface area contributed by atoms with Crippen LogP contribution in [0.5, 0.6) is 0 Å². The van der Waals surface area contributed by atoms with Crippen LogP contribution in [0.3, 0.4) is 0 Å². The van der Waals surface area contributed by atoms with E-state index in [0.717, 1.165) is 0 Å². The number of aliphatic carboxylic acids is 1. The fourth-order valence-electron chi connectivity index (χ4n) is 1.89. The molecule has 0 unspecified atom stereocenters. The predicted molar refractivity (Wildman–Crippen MR) is 111 cm³/mol. The quantitative estimate of drug-likeness (QED) is 0.268. The number of hydrogen-bond donors (Lipinski definition) is 1. The Kier molecular flexibility index (Phi) is 18.3. The molecule has 0 fully saturated rings. The minimum absolute atomic E-state index is 0.240. The van der Waals surface area contributed by atoms with Gasteiger partial charge in [-0.1, -0.05) is 0 Å². The Morgan fingerprint density at radius 3 is 1.39 bits per heavy atom. The monoisotopic (exact) mass is 453 g/mol. The fraction of sp³-hybridized carbons (Fsp3) is 0.900. The van der Waals surface area contributed by atoms with Gasteiger partial charge in [0.2, 0.25) is 0 Å². The highest BCUT2D eigenvalue weighted by molar-refractivity contribution is 5.68. The highest BCUT2D eigenvalue weighted by atomic mass is 16.6. The summed E-state index contributed by atoms with van der Waals surface area (Å²) in [5.74, 6) is -0.998. The first-order valence-corrected chi connectivity index (χ1v) is 10.3. The van der Waals surface area contributed by atoms with Crippen molar-refractivity contribution in [1.29, 1.82) is 0 Å². The van der Waals surface area contributed by atoms with E-state index in [-0.39, 0.29) is 19.3 Å². The lowest BCUT2D eigenvalue weighted by molar-refractivity contribution is -0.142. The molecular formula is C20H39NO10. The molecule has 184 valence electrons. The van der Waals surface area contributed by atoms with Gasteiger partial charge in [0.15, 0.2) is 0 Å². The third-order valence-corrected chi connectivity index (χ3v) is 3.36. The molecule has 0 saturated carbocycles. The van der Waals surface area contributed by atoms with E-state index in [0.29, 0.717) is 72.6 Å². The summed E-state index contributed by atoms with van der Waals surface area (Å²) in [5.41, 5.74) is -0.510. The molecule has 0 bridgehead atoms. The summed E-state index contributed by atoms with van der Waals surface area (Å²) in [6.07, 6.45) is -0.372. The molecule has 0 aromatic heterocycles. The lowest BCUT2D eigenvalue weighted by Crippen LogP contribution is -2.36. The first-order chi connectivity index (χ1) is 14.7. The maximum absolute atomic E-state index is 11.8. The van der Waals surface area contributed by atoms with E-state index in [2.05, 4.69) is 0 Å². The van der Waals surface area contributed by atoms with Crippen LogP contribution < -0.4 is 0 Å². The number of rotatable bonds is 20. The average molecular weight is 454 g/mol. The third kappa shape index (κ3) is 23.0. The molecule has 0 spiro atoms. The molecule has 0 aliphatic rings. The van der Waals surface area contributed by atoms with Crippen LogP contribution in [0.15, 0.2) is 0 Å². The molecule has 11 nitrogen and oxygen atoms in total. The number of likely N-dealkylation sites (N-methyl/N-ethyl adjacent to an activating group) is 1. The lowest BCUT2D eigenvalue weighted by Gasteiger charge is -2.24. The summed E-state index contributed by atoms with van der Waals surface area (Å²) < 4.78 is 36.8. The van der Waals surface area contributed by atoms with Gasteiger partial charge in [0, 0.05) is 13.6 Å². The van der Waals surface area contributed by atoms with E-state index in [1.165, 1.54) is 4.90 Å². The van der Waals surface area contributed by atoms with Crippen molar-refractivity contribution in [3.63, 3.8) is 0 Å². The average Bonchev–Trinajstić information content (AvgIpc) is 2.68. The van der Waals surface area contributed by atoms with E-state index in [4.69, 9.17) is 38.3 Å². The van der Waals surface area contributed by atoms with Gasteiger partial charge in [-0.2, -0.15) is 0 Å². The van der Waals surface area contributed by atoms with E-state index in [9.17, 15) is 9.59 Å². The molecule has 0 aliphatic carbocycles. The zero-order chi connectivity index (χ0) is 23.4. The number of carbonyl (C=O) groups is 2. The Morgan fingerprint density at radius 1 is 0.677 bits per heavy atom. The van der Waals surface area contributed by atoms with Crippen molar-refractivity contribution in [3.05, 3.63) is 0 Å². The first-order valence-electron chi connectivity index (χ1n) is 10.3. The topological polar surface area (TPSA) is 122 Å². The minimum atomic E-state index is -0.998. The molecule has 0 aromatic rings. The van der Waals surface area contributed by atoms with Crippen molar-refractivity contribution in [2.24, 2.45) is 0 Å². The number of carboxylic acids is 1. The maximum Gasteiger partial charge on any atom is 0.410 e. The minimum Gasteiger partial charge on any atom is -0.480 e. The molecule has 0 aromatic carbocycles. The Bertz CT molecular complexity index is 456. The van der Waals surface area contributed by atoms with Crippen LogP contribution in [0.4, 0.5) is 4.79 Å². The molecule has 1 amide bonds. The second-order valence-corrected chi connectivity index (χ2v) is 7.41. The summed E-state index contributed by atoms with van der Waals surface area (Å²) in [6, 6.07) is 0. The SMILES string of the molecule is CN(CCOCCOCCOCCOCCOCCOCC(=O)O)C(=O)OC(C)(C)C. The summed E-state index contributed by atoms with van der Waals surface area (Å²) in [4.78, 5) is 23.5. The molecule has 0 heterocycles. The molecule has 0 saturated heterocycles. The number of carboxylic acid groups (broad SMARTS) is 1. The number of nitrogens with zero attached hydrogens (tertiary/aromatic N) is 1. The zero-order valence-electron chi connectivity index (χ0n) is 19.3. The normalized spacial score (nSPS) is 11.5.